The lowest BCUT2D eigenvalue weighted by Crippen LogP contribution is -2.14. The maximum atomic E-state index is 11.1. The number of para-hydroxylation sites is 1. The molecule has 2 aromatic heterocycles. The van der Waals surface area contributed by atoms with E-state index in [1.165, 1.54) is 6.26 Å². The number of nitrogens with one attached hydrogen (secondary N) is 1. The van der Waals surface area contributed by atoms with Crippen molar-refractivity contribution in [1.82, 2.24) is 4.98 Å². The van der Waals surface area contributed by atoms with Gasteiger partial charge in [0, 0.05) is 27.1 Å². The topological polar surface area (TPSA) is 72.1 Å². The Morgan fingerprint density at radius 3 is 2.81 bits per heavy atom. The van der Waals surface area contributed by atoms with Crippen molar-refractivity contribution in [2.24, 2.45) is 0 Å². The van der Waals surface area contributed by atoms with Gasteiger partial charge < -0.3 is 9.40 Å². The largest absolute Gasteiger partial charge is 0.468 e. The van der Waals surface area contributed by atoms with E-state index in [-0.39, 0.29) is 11.5 Å². The van der Waals surface area contributed by atoms with Crippen LogP contribution in [0.4, 0.5) is 0 Å². The zero-order chi connectivity index (χ0) is 14.8. The molecule has 0 spiro atoms. The molecule has 3 aromatic rings. The highest BCUT2D eigenvalue weighted by molar-refractivity contribution is 5.88. The highest BCUT2D eigenvalue weighted by Gasteiger charge is 2.27. The third-order valence-corrected chi connectivity index (χ3v) is 3.55. The number of nitro groups is 1. The maximum Gasteiger partial charge on any atom is 0.217 e. The molecule has 0 amide bonds. The van der Waals surface area contributed by atoms with Gasteiger partial charge in [-0.3, -0.25) is 10.1 Å². The van der Waals surface area contributed by atoms with Gasteiger partial charge in [-0.25, -0.2) is 0 Å². The lowest BCUT2D eigenvalue weighted by molar-refractivity contribution is -0.482. The summed E-state index contributed by atoms with van der Waals surface area (Å²) in [5, 5.41) is 12.0. The Morgan fingerprint density at radius 1 is 1.33 bits per heavy atom. The van der Waals surface area contributed by atoms with Crippen molar-refractivity contribution < 1.29 is 9.34 Å². The summed E-state index contributed by atoms with van der Waals surface area (Å²) in [5.74, 6) is 0.138. The van der Waals surface area contributed by atoms with E-state index >= 15 is 0 Å². The van der Waals surface area contributed by atoms with Gasteiger partial charge in [0.1, 0.15) is 11.7 Å². The number of furan rings is 1. The third kappa shape index (κ3) is 2.33. The summed E-state index contributed by atoms with van der Waals surface area (Å²) >= 11 is 0. The number of aromatic amines is 1. The molecule has 0 radical (unpaired) electrons. The molecule has 1 atom stereocenters. The number of fused-ring (bicyclic) bond motifs is 1. The van der Waals surface area contributed by atoms with Crippen LogP contribution >= 0.6 is 0 Å². The van der Waals surface area contributed by atoms with Crippen LogP contribution in [-0.4, -0.2) is 16.5 Å². The van der Waals surface area contributed by atoms with Crippen molar-refractivity contribution in [3.63, 3.8) is 0 Å². The number of rotatable bonds is 5. The second-order valence-corrected chi connectivity index (χ2v) is 4.79. The first-order valence-electron chi connectivity index (χ1n) is 6.59. The van der Waals surface area contributed by atoms with Crippen molar-refractivity contribution in [3.8, 4) is 0 Å². The second-order valence-electron chi connectivity index (χ2n) is 4.79. The minimum absolute atomic E-state index is 0.226. The standard InChI is InChI=1S/C16H14N2O3/c1-2-13-16(11-6-3-4-7-14(11)17-13)12(10-18(19)20)15-8-5-9-21-15/h2-9,12,17H,1,10H2. The average molecular weight is 282 g/mol. The molecule has 0 fully saturated rings. The van der Waals surface area contributed by atoms with Gasteiger partial charge in [-0.15, -0.1) is 0 Å². The molecule has 1 unspecified atom stereocenters. The van der Waals surface area contributed by atoms with E-state index in [2.05, 4.69) is 11.6 Å². The van der Waals surface area contributed by atoms with Crippen molar-refractivity contribution in [2.75, 3.05) is 6.54 Å². The Kier molecular flexibility index (Phi) is 3.31. The lowest BCUT2D eigenvalue weighted by atomic mass is 9.93. The van der Waals surface area contributed by atoms with Gasteiger partial charge >= 0.3 is 0 Å². The minimum atomic E-state index is -0.445. The molecule has 1 aromatic carbocycles. The molecule has 0 saturated heterocycles. The van der Waals surface area contributed by atoms with Crippen LogP contribution in [0.25, 0.3) is 17.0 Å². The van der Waals surface area contributed by atoms with Crippen LogP contribution in [0.1, 0.15) is 22.9 Å². The number of H-pyrrole nitrogens is 1. The molecule has 2 heterocycles. The Labute approximate surface area is 121 Å². The Hall–Kier alpha value is -2.82. The summed E-state index contributed by atoms with van der Waals surface area (Å²) in [6, 6.07) is 11.2. The number of hydrogen-bond acceptors (Lipinski definition) is 3. The van der Waals surface area contributed by atoms with Gasteiger partial charge in [0.05, 0.1) is 6.26 Å². The number of benzene rings is 1. The highest BCUT2D eigenvalue weighted by atomic mass is 16.6. The van der Waals surface area contributed by atoms with E-state index in [0.29, 0.717) is 5.76 Å². The van der Waals surface area contributed by atoms with Gasteiger partial charge in [-0.2, -0.15) is 0 Å². The molecule has 21 heavy (non-hydrogen) atoms. The van der Waals surface area contributed by atoms with E-state index in [0.717, 1.165) is 22.2 Å². The molecule has 0 aliphatic rings. The minimum Gasteiger partial charge on any atom is -0.468 e. The SMILES string of the molecule is C=Cc1[nH]c2ccccc2c1C(C[N+](=O)[O-])c1ccco1. The summed E-state index contributed by atoms with van der Waals surface area (Å²) < 4.78 is 5.42. The summed E-state index contributed by atoms with van der Waals surface area (Å²) in [5.41, 5.74) is 2.58. The molecule has 3 rings (SSSR count). The van der Waals surface area contributed by atoms with Gasteiger partial charge in [-0.05, 0) is 24.3 Å². The normalized spacial score (nSPS) is 12.4. The fourth-order valence-electron chi connectivity index (χ4n) is 2.68. The Morgan fingerprint density at radius 2 is 2.14 bits per heavy atom. The number of nitrogens with zero attached hydrogens (tertiary/aromatic N) is 1. The van der Waals surface area contributed by atoms with Crippen LogP contribution in [0.15, 0.2) is 53.7 Å². The first-order chi connectivity index (χ1) is 10.2. The van der Waals surface area contributed by atoms with Crippen LogP contribution in [0, 0.1) is 10.1 Å². The zero-order valence-electron chi connectivity index (χ0n) is 11.3. The quantitative estimate of drug-likeness (QED) is 0.571. The van der Waals surface area contributed by atoms with Crippen LogP contribution in [0.2, 0.25) is 0 Å². The third-order valence-electron chi connectivity index (χ3n) is 3.55. The second kappa shape index (κ2) is 5.28. The molecular formula is C16H14N2O3. The summed E-state index contributed by atoms with van der Waals surface area (Å²) in [4.78, 5) is 14.0. The summed E-state index contributed by atoms with van der Waals surface area (Å²) in [6.07, 6.45) is 3.22. The van der Waals surface area contributed by atoms with Crippen molar-refractivity contribution in [2.45, 2.75) is 5.92 Å². The van der Waals surface area contributed by atoms with Gasteiger partial charge in [0.15, 0.2) is 0 Å². The summed E-state index contributed by atoms with van der Waals surface area (Å²) in [6.45, 7) is 3.57. The molecule has 106 valence electrons. The van der Waals surface area contributed by atoms with Crippen LogP contribution < -0.4 is 0 Å². The van der Waals surface area contributed by atoms with Gasteiger partial charge in [0.25, 0.3) is 0 Å². The van der Waals surface area contributed by atoms with E-state index in [9.17, 15) is 10.1 Å². The number of hydrogen-bond donors (Lipinski definition) is 1. The van der Waals surface area contributed by atoms with Crippen molar-refractivity contribution >= 4 is 17.0 Å². The van der Waals surface area contributed by atoms with E-state index < -0.39 is 5.92 Å². The Bertz CT molecular complexity index is 787. The van der Waals surface area contributed by atoms with Crippen LogP contribution in [0.5, 0.6) is 0 Å². The van der Waals surface area contributed by atoms with Gasteiger partial charge in [0.2, 0.25) is 6.54 Å². The molecular weight excluding hydrogens is 268 g/mol. The molecule has 0 aliphatic heterocycles. The monoisotopic (exact) mass is 282 g/mol. The molecule has 0 aliphatic carbocycles. The fraction of sp³-hybridized carbons (Fsp3) is 0.125. The summed E-state index contributed by atoms with van der Waals surface area (Å²) in [7, 11) is 0. The molecule has 1 N–H and O–H groups in total. The predicted molar refractivity (Wildman–Crippen MR) is 80.8 cm³/mol. The smallest absolute Gasteiger partial charge is 0.217 e. The molecule has 0 saturated carbocycles. The average Bonchev–Trinajstić information content (AvgIpc) is 3.12. The van der Waals surface area contributed by atoms with Gasteiger partial charge in [-0.1, -0.05) is 24.8 Å². The Balaban J connectivity index is 2.23. The first kappa shape index (κ1) is 13.2. The molecule has 0 bridgehead atoms. The highest BCUT2D eigenvalue weighted by Crippen LogP contribution is 2.34. The molecule has 5 heteroatoms. The molecule has 5 nitrogen and oxygen atoms in total. The fourth-order valence-corrected chi connectivity index (χ4v) is 2.68. The van der Waals surface area contributed by atoms with Crippen LogP contribution in [-0.2, 0) is 0 Å². The van der Waals surface area contributed by atoms with Crippen LogP contribution in [0.3, 0.4) is 0 Å². The lowest BCUT2D eigenvalue weighted by Gasteiger charge is -2.11. The van der Waals surface area contributed by atoms with Crippen molar-refractivity contribution in [1.29, 1.82) is 0 Å². The predicted octanol–water partition coefficient (Wildman–Crippen LogP) is 3.81. The van der Waals surface area contributed by atoms with E-state index in [1.807, 2.05) is 24.3 Å². The first-order valence-corrected chi connectivity index (χ1v) is 6.59. The van der Waals surface area contributed by atoms with E-state index in [1.54, 1.807) is 18.2 Å². The zero-order valence-corrected chi connectivity index (χ0v) is 11.3. The number of aromatic nitrogens is 1. The van der Waals surface area contributed by atoms with Crippen molar-refractivity contribution in [3.05, 3.63) is 76.4 Å². The maximum absolute atomic E-state index is 11.1. The van der Waals surface area contributed by atoms with E-state index in [4.69, 9.17) is 4.42 Å².